The number of rotatable bonds is 0. The van der Waals surface area contributed by atoms with Gasteiger partial charge in [-0.1, -0.05) is 48.5 Å². The van der Waals surface area contributed by atoms with E-state index in [-0.39, 0.29) is 5.78 Å². The summed E-state index contributed by atoms with van der Waals surface area (Å²) < 4.78 is 0. The van der Waals surface area contributed by atoms with Gasteiger partial charge in [0.15, 0.2) is 5.78 Å². The summed E-state index contributed by atoms with van der Waals surface area (Å²) in [5, 5.41) is 0. The van der Waals surface area contributed by atoms with Gasteiger partial charge in [-0.25, -0.2) is 0 Å². The van der Waals surface area contributed by atoms with Crippen LogP contribution in [0.15, 0.2) is 53.5 Å². The van der Waals surface area contributed by atoms with E-state index in [0.717, 1.165) is 35.2 Å². The van der Waals surface area contributed by atoms with Crippen LogP contribution >= 0.6 is 0 Å². The molecule has 0 saturated heterocycles. The second kappa shape index (κ2) is 5.19. The highest BCUT2D eigenvalue weighted by Crippen LogP contribution is 2.16. The first-order chi connectivity index (χ1) is 9.34. The van der Waals surface area contributed by atoms with Gasteiger partial charge in [0.1, 0.15) is 0 Å². The van der Waals surface area contributed by atoms with Crippen molar-refractivity contribution in [3.63, 3.8) is 0 Å². The summed E-state index contributed by atoms with van der Waals surface area (Å²) in [5.74, 6) is 0.193. The summed E-state index contributed by atoms with van der Waals surface area (Å²) in [6.07, 6.45) is 3.15. The van der Waals surface area contributed by atoms with Crippen molar-refractivity contribution in [2.24, 2.45) is 4.99 Å². The SMILES string of the molecule is O=C1Cc2ccccc2C=NCCc2ccccc21. The maximum atomic E-state index is 12.4. The Bertz CT molecular complexity index is 643. The highest BCUT2D eigenvalue weighted by molar-refractivity contribution is 6.00. The van der Waals surface area contributed by atoms with Gasteiger partial charge in [-0.05, 0) is 23.1 Å². The molecule has 3 rings (SSSR count). The lowest BCUT2D eigenvalue weighted by molar-refractivity contribution is 0.0992. The monoisotopic (exact) mass is 249 g/mol. The summed E-state index contributed by atoms with van der Waals surface area (Å²) in [7, 11) is 0. The Morgan fingerprint density at radius 3 is 2.53 bits per heavy atom. The number of nitrogens with zero attached hydrogens (tertiary/aromatic N) is 1. The average Bonchev–Trinajstić information content (AvgIpc) is 2.45. The first kappa shape index (κ1) is 11.8. The zero-order valence-corrected chi connectivity index (χ0v) is 10.7. The van der Waals surface area contributed by atoms with Crippen LogP contribution in [0.1, 0.15) is 27.0 Å². The van der Waals surface area contributed by atoms with Crippen LogP contribution < -0.4 is 0 Å². The molecule has 0 aliphatic carbocycles. The quantitative estimate of drug-likeness (QED) is 0.705. The number of fused-ring (bicyclic) bond motifs is 2. The molecule has 19 heavy (non-hydrogen) atoms. The van der Waals surface area contributed by atoms with Crippen molar-refractivity contribution in [3.05, 3.63) is 70.8 Å². The van der Waals surface area contributed by atoms with Gasteiger partial charge in [-0.2, -0.15) is 0 Å². The molecule has 2 aromatic carbocycles. The fourth-order valence-corrected chi connectivity index (χ4v) is 2.45. The molecule has 2 aromatic rings. The van der Waals surface area contributed by atoms with Gasteiger partial charge in [-0.3, -0.25) is 9.79 Å². The van der Waals surface area contributed by atoms with Crippen LogP contribution in [-0.4, -0.2) is 18.5 Å². The van der Waals surface area contributed by atoms with Crippen LogP contribution in [0.4, 0.5) is 0 Å². The minimum absolute atomic E-state index is 0.193. The van der Waals surface area contributed by atoms with Crippen LogP contribution in [-0.2, 0) is 12.8 Å². The molecular weight excluding hydrogens is 234 g/mol. The Morgan fingerprint density at radius 2 is 1.63 bits per heavy atom. The molecule has 0 bridgehead atoms. The zero-order valence-electron chi connectivity index (χ0n) is 10.7. The van der Waals surface area contributed by atoms with Crippen molar-refractivity contribution in [2.45, 2.75) is 12.8 Å². The molecule has 2 nitrogen and oxygen atoms in total. The predicted octanol–water partition coefficient (Wildman–Crippen LogP) is 3.09. The molecule has 0 atom stereocenters. The molecular formula is C17H15NO. The average molecular weight is 249 g/mol. The van der Waals surface area contributed by atoms with E-state index in [1.165, 1.54) is 0 Å². The van der Waals surface area contributed by atoms with Crippen LogP contribution in [0.2, 0.25) is 0 Å². The molecule has 0 spiro atoms. The molecule has 0 radical (unpaired) electrons. The van der Waals surface area contributed by atoms with Gasteiger partial charge < -0.3 is 0 Å². The fourth-order valence-electron chi connectivity index (χ4n) is 2.45. The van der Waals surface area contributed by atoms with Gasteiger partial charge in [-0.15, -0.1) is 0 Å². The highest BCUT2D eigenvalue weighted by atomic mass is 16.1. The van der Waals surface area contributed by atoms with Crippen molar-refractivity contribution >= 4 is 12.0 Å². The molecule has 1 aliphatic heterocycles. The van der Waals surface area contributed by atoms with E-state index in [1.54, 1.807) is 0 Å². The summed E-state index contributed by atoms with van der Waals surface area (Å²) in [5.41, 5.74) is 4.04. The molecule has 94 valence electrons. The number of carbonyl (C=O) groups is 1. The normalized spacial score (nSPS) is 14.6. The molecule has 0 aromatic heterocycles. The minimum atomic E-state index is 0.193. The van der Waals surface area contributed by atoms with Gasteiger partial charge in [0.2, 0.25) is 0 Å². The molecule has 0 N–H and O–H groups in total. The molecule has 0 fully saturated rings. The Hall–Kier alpha value is -2.22. The summed E-state index contributed by atoms with van der Waals surface area (Å²) >= 11 is 0. The summed E-state index contributed by atoms with van der Waals surface area (Å²) in [4.78, 5) is 16.9. The molecule has 0 unspecified atom stereocenters. The zero-order chi connectivity index (χ0) is 13.1. The van der Waals surface area contributed by atoms with E-state index >= 15 is 0 Å². The molecule has 1 aliphatic rings. The summed E-state index contributed by atoms with van der Waals surface area (Å²) in [6.45, 7) is 0.721. The third-order valence-corrected chi connectivity index (χ3v) is 3.46. The van der Waals surface area contributed by atoms with E-state index in [4.69, 9.17) is 0 Å². The number of hydrogen-bond acceptors (Lipinski definition) is 2. The number of hydrogen-bond donors (Lipinski definition) is 0. The lowest BCUT2D eigenvalue weighted by Crippen LogP contribution is -2.10. The predicted molar refractivity (Wildman–Crippen MR) is 77.1 cm³/mol. The van der Waals surface area contributed by atoms with Crippen molar-refractivity contribution in [2.75, 3.05) is 6.54 Å². The first-order valence-corrected chi connectivity index (χ1v) is 6.53. The van der Waals surface area contributed by atoms with Crippen molar-refractivity contribution < 1.29 is 4.79 Å². The van der Waals surface area contributed by atoms with Crippen LogP contribution in [0, 0.1) is 0 Å². The Balaban J connectivity index is 2.06. The van der Waals surface area contributed by atoms with Crippen LogP contribution in [0.25, 0.3) is 0 Å². The molecule has 0 saturated carbocycles. The second-order valence-electron chi connectivity index (χ2n) is 4.74. The lowest BCUT2D eigenvalue weighted by atomic mass is 9.94. The highest BCUT2D eigenvalue weighted by Gasteiger charge is 2.13. The van der Waals surface area contributed by atoms with E-state index in [2.05, 4.69) is 4.99 Å². The molecule has 0 amide bonds. The number of benzene rings is 2. The van der Waals surface area contributed by atoms with E-state index < -0.39 is 0 Å². The van der Waals surface area contributed by atoms with Crippen LogP contribution in [0.5, 0.6) is 0 Å². The Kier molecular flexibility index (Phi) is 3.23. The number of aliphatic imine (C=N–C) groups is 1. The number of ketones is 1. The second-order valence-corrected chi connectivity index (χ2v) is 4.74. The van der Waals surface area contributed by atoms with Crippen molar-refractivity contribution in [1.82, 2.24) is 0 Å². The van der Waals surface area contributed by atoms with Crippen molar-refractivity contribution in [1.29, 1.82) is 0 Å². The fraction of sp³-hybridized carbons (Fsp3) is 0.176. The van der Waals surface area contributed by atoms with Gasteiger partial charge in [0.25, 0.3) is 0 Å². The van der Waals surface area contributed by atoms with Gasteiger partial charge in [0, 0.05) is 24.7 Å². The Morgan fingerprint density at radius 1 is 0.895 bits per heavy atom. The third kappa shape index (κ3) is 2.48. The van der Waals surface area contributed by atoms with Gasteiger partial charge in [0.05, 0.1) is 0 Å². The smallest absolute Gasteiger partial charge is 0.167 e. The van der Waals surface area contributed by atoms with Crippen molar-refractivity contribution in [3.8, 4) is 0 Å². The number of carbonyl (C=O) groups excluding carboxylic acids is 1. The van der Waals surface area contributed by atoms with E-state index in [9.17, 15) is 4.79 Å². The topological polar surface area (TPSA) is 29.4 Å². The lowest BCUT2D eigenvalue weighted by Gasteiger charge is -2.11. The first-order valence-electron chi connectivity index (χ1n) is 6.53. The van der Waals surface area contributed by atoms with E-state index in [1.807, 2.05) is 54.7 Å². The third-order valence-electron chi connectivity index (χ3n) is 3.46. The Labute approximate surface area is 112 Å². The van der Waals surface area contributed by atoms with Crippen LogP contribution in [0.3, 0.4) is 0 Å². The largest absolute Gasteiger partial charge is 0.294 e. The maximum absolute atomic E-state index is 12.4. The van der Waals surface area contributed by atoms with Gasteiger partial charge >= 0.3 is 0 Å². The summed E-state index contributed by atoms with van der Waals surface area (Å²) in [6, 6.07) is 15.8. The standard InChI is InChI=1S/C17H15NO/c19-17-11-14-6-1-2-7-15(14)12-18-10-9-13-5-3-4-8-16(13)17/h1-8,12H,9-11H2. The molecule has 2 heteroatoms. The number of Topliss-reactive ketones (excluding diaryl/α,β-unsaturated/α-hetero) is 1. The van der Waals surface area contributed by atoms with E-state index in [0.29, 0.717) is 6.42 Å². The maximum Gasteiger partial charge on any atom is 0.167 e. The molecule has 1 heterocycles. The minimum Gasteiger partial charge on any atom is -0.294 e.